The third-order valence-corrected chi connectivity index (χ3v) is 10.6. The molecule has 8 aromatic rings. The smallest absolute Gasteiger partial charge is 0.255 e. The van der Waals surface area contributed by atoms with Crippen LogP contribution in [-0.2, 0) is 0 Å². The normalized spacial score (nSPS) is 10.1. The van der Waals surface area contributed by atoms with Crippen LogP contribution in [0.3, 0.4) is 0 Å². The Morgan fingerprint density at radius 1 is 0.435 bits per heavy atom. The number of carbonyl (C=O) groups excluding carboxylic acids is 2. The van der Waals surface area contributed by atoms with Crippen LogP contribution in [0.2, 0.25) is 0 Å². The zero-order valence-corrected chi connectivity index (χ0v) is 36.3. The summed E-state index contributed by atoms with van der Waals surface area (Å²) in [6.45, 7) is 0. The quantitative estimate of drug-likeness (QED) is 0.0832. The molecular weight excluding hydrogens is 861 g/mol. The predicted octanol–water partition coefficient (Wildman–Crippen LogP) is 10.9. The second-order valence-corrected chi connectivity index (χ2v) is 15.2. The maximum atomic E-state index is 14.3. The summed E-state index contributed by atoms with van der Waals surface area (Å²) in [4.78, 5) is 28.1. The number of amides is 2. The number of rotatable bonds is 8. The number of carbonyl (C=O) groups is 2. The number of terminal acetylenes is 3. The molecule has 0 spiro atoms. The first-order valence-electron chi connectivity index (χ1n) is 21.0. The van der Waals surface area contributed by atoms with Crippen molar-refractivity contribution in [2.75, 3.05) is 10.6 Å². The Kier molecular flexibility index (Phi) is 13.1. The van der Waals surface area contributed by atoms with Crippen LogP contribution in [0.5, 0.6) is 34.5 Å². The molecule has 0 aliphatic rings. The number of phenols is 4. The zero-order chi connectivity index (χ0) is 48.4. The summed E-state index contributed by atoms with van der Waals surface area (Å²) >= 11 is 0. The van der Waals surface area contributed by atoms with Crippen LogP contribution < -0.4 is 15.4 Å². The summed E-state index contributed by atoms with van der Waals surface area (Å²) in [5.41, 5.74) is 3.69. The molecule has 0 aliphatic carbocycles. The molecule has 2 amide bonds. The first-order valence-corrected chi connectivity index (χ1v) is 21.0. The minimum absolute atomic E-state index is 0.0210. The highest BCUT2D eigenvalue weighted by Gasteiger charge is 2.25. The molecule has 0 bridgehead atoms. The van der Waals surface area contributed by atoms with E-state index < -0.39 is 17.6 Å². The number of anilines is 2. The van der Waals surface area contributed by atoms with E-state index in [1.54, 1.807) is 60.7 Å². The Morgan fingerprint density at radius 2 is 0.942 bits per heavy atom. The Bertz CT molecular complexity index is 3610. The van der Waals surface area contributed by atoms with Crippen molar-refractivity contribution in [3.63, 3.8) is 0 Å². The van der Waals surface area contributed by atoms with E-state index in [9.17, 15) is 30.0 Å². The van der Waals surface area contributed by atoms with Crippen molar-refractivity contribution in [2.24, 2.45) is 0 Å². The summed E-state index contributed by atoms with van der Waals surface area (Å²) in [7, 11) is 0. The van der Waals surface area contributed by atoms with Gasteiger partial charge in [-0.05, 0) is 115 Å². The van der Waals surface area contributed by atoms with E-state index in [1.807, 2.05) is 48.5 Å². The van der Waals surface area contributed by atoms with E-state index in [1.165, 1.54) is 54.6 Å². The molecule has 0 radical (unpaired) electrons. The van der Waals surface area contributed by atoms with Crippen molar-refractivity contribution in [1.29, 1.82) is 0 Å². The SMILES string of the molecule is C#Cc1cccc(C(=O)Nc2c(-c3cc(O)ccc3Oc3ccc(O)cc3-c3ccc(O)c(C#Cc4ccccc4)c3NC(=O)c3cccc(C#Cc4ccccc4)c3)cc(C#C)c(O)c2C#C)c1. The van der Waals surface area contributed by atoms with Gasteiger partial charge < -0.3 is 35.8 Å². The van der Waals surface area contributed by atoms with Crippen LogP contribution >= 0.6 is 0 Å². The third kappa shape index (κ3) is 10.1. The minimum atomic E-state index is -0.624. The van der Waals surface area contributed by atoms with Gasteiger partial charge >= 0.3 is 0 Å². The molecule has 0 heterocycles. The van der Waals surface area contributed by atoms with Crippen molar-refractivity contribution in [3.8, 4) is 117 Å². The van der Waals surface area contributed by atoms with Gasteiger partial charge in [-0.3, -0.25) is 9.59 Å². The van der Waals surface area contributed by atoms with Crippen molar-refractivity contribution < 1.29 is 34.8 Å². The van der Waals surface area contributed by atoms with Gasteiger partial charge in [-0.25, -0.2) is 0 Å². The lowest BCUT2D eigenvalue weighted by Crippen LogP contribution is -2.14. The fourth-order valence-corrected chi connectivity index (χ4v) is 7.27. The molecule has 69 heavy (non-hydrogen) atoms. The molecule has 0 fully saturated rings. The number of benzene rings is 8. The average Bonchev–Trinajstić information content (AvgIpc) is 3.37. The number of hydrogen-bond donors (Lipinski definition) is 6. The molecule has 0 atom stereocenters. The molecule has 6 N–H and O–H groups in total. The highest BCUT2D eigenvalue weighted by Crippen LogP contribution is 2.47. The van der Waals surface area contributed by atoms with E-state index in [2.05, 4.69) is 52.1 Å². The number of phenolic OH excluding ortho intramolecular Hbond substituents is 4. The molecule has 9 nitrogen and oxygen atoms in total. The first kappa shape index (κ1) is 45.1. The highest BCUT2D eigenvalue weighted by atomic mass is 16.5. The van der Waals surface area contributed by atoms with Crippen LogP contribution in [0.1, 0.15) is 59.7 Å². The molecule has 8 aromatic carbocycles. The summed E-state index contributed by atoms with van der Waals surface area (Å²) < 4.78 is 6.69. The van der Waals surface area contributed by atoms with Crippen LogP contribution in [0.25, 0.3) is 22.3 Å². The maximum absolute atomic E-state index is 14.3. The van der Waals surface area contributed by atoms with E-state index in [0.717, 1.165) is 5.56 Å². The lowest BCUT2D eigenvalue weighted by molar-refractivity contribution is 0.101. The maximum Gasteiger partial charge on any atom is 0.255 e. The number of hydrogen-bond acceptors (Lipinski definition) is 7. The molecule has 0 aromatic heterocycles. The fourth-order valence-electron chi connectivity index (χ4n) is 7.27. The van der Waals surface area contributed by atoms with Crippen LogP contribution in [-0.4, -0.2) is 32.2 Å². The number of ether oxygens (including phenoxy) is 1. The molecule has 0 saturated carbocycles. The monoisotopic (exact) mass is 896 g/mol. The summed E-state index contributed by atoms with van der Waals surface area (Å²) in [6.07, 6.45) is 17.4. The second-order valence-electron chi connectivity index (χ2n) is 15.2. The van der Waals surface area contributed by atoms with Crippen molar-refractivity contribution in [1.82, 2.24) is 0 Å². The second kappa shape index (κ2) is 20.1. The van der Waals surface area contributed by atoms with Gasteiger partial charge in [0.25, 0.3) is 11.8 Å². The zero-order valence-electron chi connectivity index (χ0n) is 36.3. The summed E-state index contributed by atoms with van der Waals surface area (Å²) in [6, 6.07) is 44.4. The summed E-state index contributed by atoms with van der Waals surface area (Å²) in [5, 5.41) is 50.4. The van der Waals surface area contributed by atoms with Crippen molar-refractivity contribution >= 4 is 23.2 Å². The predicted molar refractivity (Wildman–Crippen MR) is 268 cm³/mol. The van der Waals surface area contributed by atoms with Gasteiger partial charge in [-0.15, -0.1) is 19.3 Å². The van der Waals surface area contributed by atoms with Crippen LogP contribution in [0.15, 0.2) is 164 Å². The van der Waals surface area contributed by atoms with Crippen molar-refractivity contribution in [3.05, 3.63) is 214 Å². The van der Waals surface area contributed by atoms with Gasteiger partial charge in [0.15, 0.2) is 0 Å². The van der Waals surface area contributed by atoms with Gasteiger partial charge in [0.2, 0.25) is 0 Å². The fraction of sp³-hybridized carbons (Fsp3) is 0. The van der Waals surface area contributed by atoms with Crippen LogP contribution in [0.4, 0.5) is 11.4 Å². The van der Waals surface area contributed by atoms with Crippen molar-refractivity contribution in [2.45, 2.75) is 0 Å². The average molecular weight is 897 g/mol. The number of nitrogens with one attached hydrogen (secondary N) is 2. The molecule has 0 unspecified atom stereocenters. The molecule has 8 rings (SSSR count). The van der Waals surface area contributed by atoms with E-state index in [0.29, 0.717) is 16.7 Å². The van der Waals surface area contributed by atoms with E-state index >= 15 is 0 Å². The van der Waals surface area contributed by atoms with Gasteiger partial charge in [-0.1, -0.05) is 90.0 Å². The largest absolute Gasteiger partial charge is 0.508 e. The first-order chi connectivity index (χ1) is 33.5. The Hall–Kier alpha value is -10.5. The third-order valence-electron chi connectivity index (χ3n) is 10.6. The van der Waals surface area contributed by atoms with Gasteiger partial charge in [0, 0.05) is 55.6 Å². The van der Waals surface area contributed by atoms with Gasteiger partial charge in [-0.2, -0.15) is 0 Å². The molecule has 0 aliphatic heterocycles. The lowest BCUT2D eigenvalue weighted by Gasteiger charge is -2.21. The van der Waals surface area contributed by atoms with Gasteiger partial charge in [0.1, 0.15) is 34.5 Å². The molecule has 328 valence electrons. The standard InChI is InChI=1S/C60H36N2O7/c1-4-38-19-13-21-43(33-38)59(67)61-56-47(6-3)58(66)42(5-2)35-52(56)51-37-46(64)27-32-55(51)69-54-31-26-45(63)36-50(54)48-29-30-53(65)49(28-25-40-17-11-8-12-18-40)57(48)62-60(68)44-22-14-20-41(34-44)24-23-39-15-9-7-10-16-39/h1-3,7-22,26-27,29-37,63-66H,(H,61,67)(H,62,68). The topological polar surface area (TPSA) is 148 Å². The Balaban J connectivity index is 1.26. The number of aromatic hydroxyl groups is 4. The summed E-state index contributed by atoms with van der Waals surface area (Å²) in [5.74, 6) is 17.6. The Labute approximate surface area is 398 Å². The highest BCUT2D eigenvalue weighted by molar-refractivity contribution is 6.09. The lowest BCUT2D eigenvalue weighted by atomic mass is 9.94. The van der Waals surface area contributed by atoms with E-state index in [-0.39, 0.29) is 90.2 Å². The Morgan fingerprint density at radius 3 is 1.51 bits per heavy atom. The van der Waals surface area contributed by atoms with E-state index in [4.69, 9.17) is 24.0 Å². The van der Waals surface area contributed by atoms with Crippen LogP contribution in [0, 0.1) is 60.7 Å². The van der Waals surface area contributed by atoms with Gasteiger partial charge in [0.05, 0.1) is 28.1 Å². The molecular formula is C60H36N2O7. The molecule has 9 heteroatoms. The molecule has 0 saturated heterocycles. The minimum Gasteiger partial charge on any atom is -0.508 e.